The van der Waals surface area contributed by atoms with Crippen molar-refractivity contribution in [3.05, 3.63) is 17.0 Å². The van der Waals surface area contributed by atoms with Gasteiger partial charge in [0.15, 0.2) is 9.84 Å². The zero-order chi connectivity index (χ0) is 13.3. The highest BCUT2D eigenvalue weighted by atomic mass is 32.2. The Bertz CT molecular complexity index is 534. The molecular weight excluding hydrogens is 252 g/mol. The number of aromatic nitrogens is 2. The average molecular weight is 272 g/mol. The summed E-state index contributed by atoms with van der Waals surface area (Å²) in [6.07, 6.45) is 2.15. The Morgan fingerprint density at radius 2 is 2.17 bits per heavy atom. The first kappa shape index (κ1) is 13.5. The summed E-state index contributed by atoms with van der Waals surface area (Å²) >= 11 is 0. The molecule has 0 saturated carbocycles. The molecule has 1 saturated heterocycles. The van der Waals surface area contributed by atoms with Gasteiger partial charge in [0.2, 0.25) is 0 Å². The van der Waals surface area contributed by atoms with E-state index in [-0.39, 0.29) is 18.4 Å². The van der Waals surface area contributed by atoms with Gasteiger partial charge in [-0.25, -0.2) is 8.42 Å². The number of aliphatic hydroxyl groups excluding tert-OH is 1. The normalized spacial score (nSPS) is 23.2. The van der Waals surface area contributed by atoms with Gasteiger partial charge in [-0.2, -0.15) is 5.10 Å². The summed E-state index contributed by atoms with van der Waals surface area (Å²) in [5, 5.41) is 13.5. The van der Waals surface area contributed by atoms with E-state index in [1.165, 1.54) is 0 Å². The van der Waals surface area contributed by atoms with Crippen LogP contribution in [0.3, 0.4) is 0 Å². The quantitative estimate of drug-likeness (QED) is 0.883. The second kappa shape index (κ2) is 5.01. The Morgan fingerprint density at radius 3 is 2.78 bits per heavy atom. The fourth-order valence-corrected chi connectivity index (χ4v) is 4.38. The molecule has 1 aromatic rings. The highest BCUT2D eigenvalue weighted by Crippen LogP contribution is 2.26. The van der Waals surface area contributed by atoms with Crippen LogP contribution in [-0.2, 0) is 16.3 Å². The van der Waals surface area contributed by atoms with Crippen LogP contribution in [0.4, 0.5) is 0 Å². The Balaban J connectivity index is 2.31. The van der Waals surface area contributed by atoms with E-state index < -0.39 is 9.84 Å². The molecule has 0 bridgehead atoms. The summed E-state index contributed by atoms with van der Waals surface area (Å²) in [6.45, 7) is 3.95. The molecule has 0 aromatic carbocycles. The first-order valence-electron chi connectivity index (χ1n) is 6.30. The predicted octanol–water partition coefficient (Wildman–Crippen LogP) is 0.784. The number of hydrogen-bond acceptors (Lipinski definition) is 4. The molecule has 2 heterocycles. The molecule has 1 fully saturated rings. The molecule has 1 N–H and O–H groups in total. The molecular formula is C12H20N2O3S. The van der Waals surface area contributed by atoms with Crippen molar-refractivity contribution in [1.82, 2.24) is 9.78 Å². The van der Waals surface area contributed by atoms with Crippen molar-refractivity contribution < 1.29 is 13.5 Å². The minimum atomic E-state index is -2.92. The van der Waals surface area contributed by atoms with Gasteiger partial charge in [-0.3, -0.25) is 4.68 Å². The van der Waals surface area contributed by atoms with Crippen molar-refractivity contribution in [1.29, 1.82) is 0 Å². The molecule has 1 aromatic heterocycles. The van der Waals surface area contributed by atoms with E-state index in [9.17, 15) is 8.42 Å². The lowest BCUT2D eigenvalue weighted by molar-refractivity contribution is 0.299. The van der Waals surface area contributed by atoms with Crippen molar-refractivity contribution in [3.63, 3.8) is 0 Å². The van der Waals surface area contributed by atoms with Gasteiger partial charge in [-0.1, -0.05) is 0 Å². The molecule has 102 valence electrons. The molecule has 18 heavy (non-hydrogen) atoms. The number of aryl methyl sites for hydroxylation is 1. The first-order chi connectivity index (χ1) is 8.44. The molecule has 1 atom stereocenters. The summed E-state index contributed by atoms with van der Waals surface area (Å²) < 4.78 is 25.2. The van der Waals surface area contributed by atoms with E-state index in [0.29, 0.717) is 18.6 Å². The Kier molecular flexibility index (Phi) is 3.77. The summed E-state index contributed by atoms with van der Waals surface area (Å²) in [6, 6.07) is -0.0464. The van der Waals surface area contributed by atoms with E-state index in [4.69, 9.17) is 5.11 Å². The predicted molar refractivity (Wildman–Crippen MR) is 69.4 cm³/mol. The van der Waals surface area contributed by atoms with Crippen molar-refractivity contribution in [2.45, 2.75) is 39.2 Å². The van der Waals surface area contributed by atoms with Crippen LogP contribution >= 0.6 is 0 Å². The van der Waals surface area contributed by atoms with Crippen LogP contribution in [-0.4, -0.2) is 41.4 Å². The van der Waals surface area contributed by atoms with Crippen LogP contribution in [0.25, 0.3) is 0 Å². The second-order valence-electron chi connectivity index (χ2n) is 4.98. The molecule has 0 aliphatic carbocycles. The number of sulfone groups is 1. The van der Waals surface area contributed by atoms with Crippen LogP contribution in [0, 0.1) is 13.8 Å². The lowest BCUT2D eigenvalue weighted by atomic mass is 10.1. The fourth-order valence-electron chi connectivity index (χ4n) is 2.72. The van der Waals surface area contributed by atoms with E-state index in [1.807, 2.05) is 18.5 Å². The molecule has 0 amide bonds. The van der Waals surface area contributed by atoms with Crippen LogP contribution in [0.1, 0.15) is 35.8 Å². The zero-order valence-electron chi connectivity index (χ0n) is 10.9. The monoisotopic (exact) mass is 272 g/mol. The molecule has 2 rings (SSSR count). The number of hydrogen-bond donors (Lipinski definition) is 1. The van der Waals surface area contributed by atoms with Gasteiger partial charge in [-0.05, 0) is 38.7 Å². The number of rotatable bonds is 3. The van der Waals surface area contributed by atoms with Gasteiger partial charge < -0.3 is 5.11 Å². The Labute approximate surface area is 108 Å². The van der Waals surface area contributed by atoms with Crippen LogP contribution in [0.15, 0.2) is 0 Å². The largest absolute Gasteiger partial charge is 0.396 e. The second-order valence-corrected chi connectivity index (χ2v) is 7.21. The van der Waals surface area contributed by atoms with Crippen molar-refractivity contribution in [3.8, 4) is 0 Å². The molecule has 0 radical (unpaired) electrons. The van der Waals surface area contributed by atoms with E-state index >= 15 is 0 Å². The fraction of sp³-hybridized carbons (Fsp3) is 0.750. The van der Waals surface area contributed by atoms with Crippen LogP contribution < -0.4 is 0 Å². The van der Waals surface area contributed by atoms with E-state index in [0.717, 1.165) is 23.4 Å². The molecule has 0 spiro atoms. The molecule has 1 aliphatic heterocycles. The van der Waals surface area contributed by atoms with Crippen molar-refractivity contribution >= 4 is 9.84 Å². The Morgan fingerprint density at radius 1 is 1.44 bits per heavy atom. The summed E-state index contributed by atoms with van der Waals surface area (Å²) in [4.78, 5) is 0. The van der Waals surface area contributed by atoms with E-state index in [2.05, 4.69) is 5.10 Å². The van der Waals surface area contributed by atoms with Gasteiger partial charge in [0.1, 0.15) is 0 Å². The lowest BCUT2D eigenvalue weighted by Gasteiger charge is -2.23. The highest BCUT2D eigenvalue weighted by Gasteiger charge is 2.28. The molecule has 5 nitrogen and oxygen atoms in total. The molecule has 6 heteroatoms. The smallest absolute Gasteiger partial charge is 0.152 e. The van der Waals surface area contributed by atoms with Crippen molar-refractivity contribution in [2.24, 2.45) is 0 Å². The minimum Gasteiger partial charge on any atom is -0.396 e. The third kappa shape index (κ3) is 2.59. The van der Waals surface area contributed by atoms with Crippen molar-refractivity contribution in [2.75, 3.05) is 18.1 Å². The number of aliphatic hydroxyl groups is 1. The summed E-state index contributed by atoms with van der Waals surface area (Å²) in [5.41, 5.74) is 2.92. The van der Waals surface area contributed by atoms with Gasteiger partial charge in [0, 0.05) is 12.3 Å². The SMILES string of the molecule is Cc1nn(C2CCCS(=O)(=O)C2)c(C)c1CCO. The highest BCUT2D eigenvalue weighted by molar-refractivity contribution is 7.91. The summed E-state index contributed by atoms with van der Waals surface area (Å²) in [5.74, 6) is 0.486. The maximum Gasteiger partial charge on any atom is 0.152 e. The maximum atomic E-state index is 11.7. The van der Waals surface area contributed by atoms with Crippen LogP contribution in [0.5, 0.6) is 0 Å². The third-order valence-electron chi connectivity index (χ3n) is 3.62. The standard InChI is InChI=1S/C12H20N2O3S/c1-9-12(5-6-15)10(2)14(13-9)11-4-3-7-18(16,17)8-11/h11,15H,3-8H2,1-2H3. The van der Waals surface area contributed by atoms with Gasteiger partial charge in [0.05, 0.1) is 23.2 Å². The first-order valence-corrected chi connectivity index (χ1v) is 8.12. The topological polar surface area (TPSA) is 72.2 Å². The lowest BCUT2D eigenvalue weighted by Crippen LogP contribution is -2.28. The minimum absolute atomic E-state index is 0.0464. The van der Waals surface area contributed by atoms with Gasteiger partial charge >= 0.3 is 0 Å². The average Bonchev–Trinajstić information content (AvgIpc) is 2.56. The van der Waals surface area contributed by atoms with Gasteiger partial charge in [-0.15, -0.1) is 0 Å². The van der Waals surface area contributed by atoms with Gasteiger partial charge in [0.25, 0.3) is 0 Å². The Hall–Kier alpha value is -0.880. The maximum absolute atomic E-state index is 11.7. The van der Waals surface area contributed by atoms with Crippen LogP contribution in [0.2, 0.25) is 0 Å². The number of nitrogens with zero attached hydrogens (tertiary/aromatic N) is 2. The molecule has 1 aliphatic rings. The summed E-state index contributed by atoms with van der Waals surface area (Å²) in [7, 11) is -2.92. The zero-order valence-corrected chi connectivity index (χ0v) is 11.7. The molecule has 1 unspecified atom stereocenters. The van der Waals surface area contributed by atoms with E-state index in [1.54, 1.807) is 0 Å². The third-order valence-corrected chi connectivity index (χ3v) is 5.42.